The van der Waals surface area contributed by atoms with Crippen molar-refractivity contribution < 1.29 is 24.2 Å². The maximum absolute atomic E-state index is 12.8. The molecule has 0 saturated heterocycles. The van der Waals surface area contributed by atoms with Crippen LogP contribution in [-0.2, 0) is 14.3 Å². The number of carbonyl (C=O) groups is 3. The summed E-state index contributed by atoms with van der Waals surface area (Å²) in [6.07, 6.45) is -0.690. The lowest BCUT2D eigenvalue weighted by molar-refractivity contribution is -0.146. The Morgan fingerprint density at radius 1 is 0.939 bits per heavy atom. The number of rotatable bonds is 7. The van der Waals surface area contributed by atoms with Crippen molar-refractivity contribution >= 4 is 18.0 Å². The van der Waals surface area contributed by atoms with Crippen molar-refractivity contribution in [3.63, 3.8) is 0 Å². The van der Waals surface area contributed by atoms with Crippen LogP contribution in [0.2, 0.25) is 0 Å². The van der Waals surface area contributed by atoms with Gasteiger partial charge in [0.25, 0.3) is 0 Å². The van der Waals surface area contributed by atoms with E-state index < -0.39 is 34.8 Å². The van der Waals surface area contributed by atoms with Crippen LogP contribution in [0.25, 0.3) is 11.1 Å². The van der Waals surface area contributed by atoms with Crippen LogP contribution in [0.1, 0.15) is 51.7 Å². The van der Waals surface area contributed by atoms with Gasteiger partial charge in [0.1, 0.15) is 12.6 Å². The summed E-state index contributed by atoms with van der Waals surface area (Å²) >= 11 is 0. The van der Waals surface area contributed by atoms with E-state index in [2.05, 4.69) is 22.8 Å². The molecule has 1 atom stereocenters. The van der Waals surface area contributed by atoms with Crippen LogP contribution in [0.5, 0.6) is 0 Å². The van der Waals surface area contributed by atoms with E-state index in [1.807, 2.05) is 57.2 Å². The molecule has 1 aliphatic rings. The monoisotopic (exact) mass is 452 g/mol. The fourth-order valence-corrected chi connectivity index (χ4v) is 3.92. The fraction of sp³-hybridized carbons (Fsp3) is 0.423. The quantitative estimate of drug-likeness (QED) is 0.585. The summed E-state index contributed by atoms with van der Waals surface area (Å²) in [6, 6.07) is 15.2. The maximum atomic E-state index is 12.8. The Bertz CT molecular complexity index is 1010. The standard InChI is InChI=1S/C26H32N2O5/c1-25(2,3)21(22(29)27-15-26(4,5)23(30)31)28-24(32)33-14-20-18-12-8-6-10-16(18)17-11-7-9-13-19(17)20/h6-13,20-21H,14-15H2,1-5H3,(H,27,29)(H,28,32)(H,30,31)/t21-/m0/s1. The van der Waals surface area contributed by atoms with Crippen molar-refractivity contribution in [2.24, 2.45) is 10.8 Å². The minimum Gasteiger partial charge on any atom is -0.481 e. The summed E-state index contributed by atoms with van der Waals surface area (Å²) in [7, 11) is 0. The third-order valence-electron chi connectivity index (χ3n) is 6.02. The zero-order valence-electron chi connectivity index (χ0n) is 19.8. The molecule has 1 aliphatic carbocycles. The van der Waals surface area contributed by atoms with Gasteiger partial charge < -0.3 is 20.5 Å². The van der Waals surface area contributed by atoms with Crippen molar-refractivity contribution in [3.05, 3.63) is 59.7 Å². The van der Waals surface area contributed by atoms with Gasteiger partial charge >= 0.3 is 12.1 Å². The van der Waals surface area contributed by atoms with Crippen molar-refractivity contribution in [1.82, 2.24) is 10.6 Å². The van der Waals surface area contributed by atoms with Crippen molar-refractivity contribution in [2.45, 2.75) is 46.6 Å². The normalized spacial score (nSPS) is 14.1. The number of carboxylic acid groups (broad SMARTS) is 1. The highest BCUT2D eigenvalue weighted by molar-refractivity contribution is 5.87. The molecule has 7 nitrogen and oxygen atoms in total. The number of nitrogens with one attached hydrogen (secondary N) is 2. The molecular formula is C26H32N2O5. The lowest BCUT2D eigenvalue weighted by Gasteiger charge is -2.31. The molecule has 3 rings (SSSR count). The van der Waals surface area contributed by atoms with E-state index in [0.717, 1.165) is 22.3 Å². The summed E-state index contributed by atoms with van der Waals surface area (Å²) in [4.78, 5) is 36.8. The van der Waals surface area contributed by atoms with Gasteiger partial charge in [0.05, 0.1) is 5.41 Å². The number of ether oxygens (including phenoxy) is 1. The smallest absolute Gasteiger partial charge is 0.407 e. The van der Waals surface area contributed by atoms with E-state index in [4.69, 9.17) is 4.74 Å². The third-order valence-corrected chi connectivity index (χ3v) is 6.02. The second-order valence-electron chi connectivity index (χ2n) is 10.2. The molecule has 2 aromatic carbocycles. The zero-order valence-corrected chi connectivity index (χ0v) is 19.8. The van der Waals surface area contributed by atoms with Crippen LogP contribution in [-0.4, -0.2) is 42.3 Å². The number of hydrogen-bond acceptors (Lipinski definition) is 4. The lowest BCUT2D eigenvalue weighted by Crippen LogP contribution is -2.55. The number of alkyl carbamates (subject to hydrolysis) is 1. The first-order valence-corrected chi connectivity index (χ1v) is 11.0. The third kappa shape index (κ3) is 5.35. The molecule has 0 aliphatic heterocycles. The van der Waals surface area contributed by atoms with Crippen LogP contribution in [0.4, 0.5) is 4.79 Å². The second kappa shape index (κ2) is 9.25. The van der Waals surface area contributed by atoms with Gasteiger partial charge in [-0.1, -0.05) is 69.3 Å². The fourth-order valence-electron chi connectivity index (χ4n) is 3.92. The topological polar surface area (TPSA) is 105 Å². The van der Waals surface area contributed by atoms with Gasteiger partial charge in [-0.3, -0.25) is 9.59 Å². The van der Waals surface area contributed by atoms with Crippen LogP contribution >= 0.6 is 0 Å². The summed E-state index contributed by atoms with van der Waals surface area (Å²) in [6.45, 7) is 8.61. The molecule has 2 aromatic rings. The average molecular weight is 453 g/mol. The van der Waals surface area contributed by atoms with Crippen LogP contribution < -0.4 is 10.6 Å². The molecule has 0 radical (unpaired) electrons. The molecule has 33 heavy (non-hydrogen) atoms. The van der Waals surface area contributed by atoms with Crippen molar-refractivity contribution in [3.8, 4) is 11.1 Å². The maximum Gasteiger partial charge on any atom is 0.407 e. The first-order chi connectivity index (χ1) is 15.4. The van der Waals surface area contributed by atoms with Gasteiger partial charge in [0, 0.05) is 12.5 Å². The number of aliphatic carboxylic acids is 1. The minimum absolute atomic E-state index is 0.0554. The van der Waals surface area contributed by atoms with E-state index >= 15 is 0 Å². The largest absolute Gasteiger partial charge is 0.481 e. The highest BCUT2D eigenvalue weighted by atomic mass is 16.5. The Morgan fingerprint density at radius 3 is 1.94 bits per heavy atom. The summed E-state index contributed by atoms with van der Waals surface area (Å²) in [5, 5.41) is 14.6. The zero-order chi connectivity index (χ0) is 24.4. The molecule has 0 spiro atoms. The van der Waals surface area contributed by atoms with Gasteiger partial charge in [0.15, 0.2) is 0 Å². The Labute approximate surface area is 194 Å². The minimum atomic E-state index is -1.12. The Hall–Kier alpha value is -3.35. The van der Waals surface area contributed by atoms with Gasteiger partial charge in [0.2, 0.25) is 5.91 Å². The number of benzene rings is 2. The predicted molar refractivity (Wildman–Crippen MR) is 126 cm³/mol. The molecule has 7 heteroatoms. The Kier molecular flexibility index (Phi) is 6.81. The van der Waals surface area contributed by atoms with Crippen molar-refractivity contribution in [1.29, 1.82) is 0 Å². The molecule has 0 saturated carbocycles. The molecule has 0 aromatic heterocycles. The molecule has 0 unspecified atom stereocenters. The van der Waals surface area contributed by atoms with E-state index in [1.54, 1.807) is 0 Å². The Morgan fingerprint density at radius 2 is 1.45 bits per heavy atom. The molecule has 2 amide bonds. The lowest BCUT2D eigenvalue weighted by atomic mass is 9.85. The predicted octanol–water partition coefficient (Wildman–Crippen LogP) is 4.17. The van der Waals surface area contributed by atoms with Crippen LogP contribution in [0, 0.1) is 10.8 Å². The number of amides is 2. The highest BCUT2D eigenvalue weighted by Gasteiger charge is 2.36. The number of carbonyl (C=O) groups excluding carboxylic acids is 2. The van der Waals surface area contributed by atoms with Crippen LogP contribution in [0.3, 0.4) is 0 Å². The Balaban J connectivity index is 1.67. The van der Waals surface area contributed by atoms with Crippen molar-refractivity contribution in [2.75, 3.05) is 13.2 Å². The van der Waals surface area contributed by atoms with E-state index in [9.17, 15) is 19.5 Å². The summed E-state index contributed by atoms with van der Waals surface area (Å²) in [5.41, 5.74) is 2.75. The molecule has 0 fully saturated rings. The van der Waals surface area contributed by atoms with Gasteiger partial charge in [-0.15, -0.1) is 0 Å². The molecule has 176 valence electrons. The second-order valence-corrected chi connectivity index (χ2v) is 10.2. The number of fused-ring (bicyclic) bond motifs is 3. The summed E-state index contributed by atoms with van der Waals surface area (Å²) < 4.78 is 5.57. The summed E-state index contributed by atoms with van der Waals surface area (Å²) in [5.74, 6) is -1.55. The molecule has 0 bridgehead atoms. The molecular weight excluding hydrogens is 420 g/mol. The molecule has 3 N–H and O–H groups in total. The first-order valence-electron chi connectivity index (χ1n) is 11.0. The van der Waals surface area contributed by atoms with Gasteiger partial charge in [-0.05, 0) is 41.5 Å². The molecule has 0 heterocycles. The number of carboxylic acids is 1. The van der Waals surface area contributed by atoms with Gasteiger partial charge in [-0.25, -0.2) is 4.79 Å². The first kappa shape index (κ1) is 24.3. The van der Waals surface area contributed by atoms with E-state index in [-0.39, 0.29) is 19.1 Å². The average Bonchev–Trinajstić information content (AvgIpc) is 3.07. The highest BCUT2D eigenvalue weighted by Crippen LogP contribution is 2.44. The van der Waals surface area contributed by atoms with E-state index in [0.29, 0.717) is 0 Å². The SMILES string of the molecule is CC(C)(CNC(=O)[C@H](NC(=O)OCC1c2ccccc2-c2ccccc21)C(C)(C)C)C(=O)O. The van der Waals surface area contributed by atoms with E-state index in [1.165, 1.54) is 13.8 Å². The number of hydrogen-bond donors (Lipinski definition) is 3. The van der Waals surface area contributed by atoms with Gasteiger partial charge in [-0.2, -0.15) is 0 Å². The van der Waals surface area contributed by atoms with Crippen LogP contribution in [0.15, 0.2) is 48.5 Å².